The average Bonchev–Trinajstić information content (AvgIpc) is 3.07. The van der Waals surface area contributed by atoms with E-state index < -0.39 is 0 Å². The van der Waals surface area contributed by atoms with Gasteiger partial charge >= 0.3 is 0 Å². The fourth-order valence-electron chi connectivity index (χ4n) is 2.02. The number of aliphatic hydroxyl groups excluding tert-OH is 1. The van der Waals surface area contributed by atoms with E-state index in [1.165, 1.54) is 29.9 Å². The van der Waals surface area contributed by atoms with Crippen molar-refractivity contribution in [2.75, 3.05) is 18.9 Å². The Kier molecular flexibility index (Phi) is 5.96. The van der Waals surface area contributed by atoms with Crippen LogP contribution in [0.3, 0.4) is 0 Å². The van der Waals surface area contributed by atoms with Crippen LogP contribution < -0.4 is 5.32 Å². The third kappa shape index (κ3) is 4.27. The third-order valence-corrected chi connectivity index (χ3v) is 5.64. The number of hydrogen-bond donors (Lipinski definition) is 2. The molecule has 1 fully saturated rings. The second-order valence-electron chi connectivity index (χ2n) is 4.74. The van der Waals surface area contributed by atoms with Crippen molar-refractivity contribution in [3.63, 3.8) is 0 Å². The van der Waals surface area contributed by atoms with Crippen molar-refractivity contribution in [3.05, 3.63) is 21.4 Å². The lowest BCUT2D eigenvalue weighted by atomic mass is 10.2. The molecule has 0 radical (unpaired) electrons. The number of carbonyl (C=O) groups excluding carboxylic acids is 1. The van der Waals surface area contributed by atoms with Crippen molar-refractivity contribution in [1.29, 1.82) is 0 Å². The number of carbonyl (C=O) groups is 1. The van der Waals surface area contributed by atoms with E-state index in [0.29, 0.717) is 11.7 Å². The first kappa shape index (κ1) is 15.4. The first-order valence-electron chi connectivity index (χ1n) is 6.80. The molecule has 1 aromatic heterocycles. The molecule has 3 nitrogen and oxygen atoms in total. The number of hydrogen-bond acceptors (Lipinski definition) is 4. The molecule has 1 saturated heterocycles. The summed E-state index contributed by atoms with van der Waals surface area (Å²) in [5.41, 5.74) is 1.03. The molecular weight excluding hydrogens is 290 g/mol. The number of rotatable bonds is 4. The summed E-state index contributed by atoms with van der Waals surface area (Å²) in [5, 5.41) is 12.3. The lowest BCUT2D eigenvalue weighted by Gasteiger charge is -2.08. The number of amides is 1. The smallest absolute Gasteiger partial charge is 0.261 e. The van der Waals surface area contributed by atoms with Gasteiger partial charge in [0.25, 0.3) is 5.91 Å². The molecule has 1 aromatic rings. The largest absolute Gasteiger partial charge is 0.395 e. The van der Waals surface area contributed by atoms with Gasteiger partial charge in [-0.15, -0.1) is 11.3 Å². The molecule has 1 atom stereocenters. The topological polar surface area (TPSA) is 49.3 Å². The molecule has 0 saturated carbocycles. The normalized spacial score (nSPS) is 17.6. The Labute approximate surface area is 128 Å². The second kappa shape index (κ2) is 7.72. The number of aliphatic hydroxyl groups is 1. The molecule has 20 heavy (non-hydrogen) atoms. The highest BCUT2D eigenvalue weighted by Gasteiger charge is 2.17. The van der Waals surface area contributed by atoms with Gasteiger partial charge in [-0.25, -0.2) is 0 Å². The number of thiophene rings is 1. The maximum atomic E-state index is 12.1. The van der Waals surface area contributed by atoms with Gasteiger partial charge in [-0.05, 0) is 37.1 Å². The molecule has 0 spiro atoms. The number of nitrogens with one attached hydrogen (secondary N) is 1. The van der Waals surface area contributed by atoms with Crippen molar-refractivity contribution >= 4 is 29.0 Å². The van der Waals surface area contributed by atoms with E-state index in [1.54, 1.807) is 0 Å². The van der Waals surface area contributed by atoms with Crippen LogP contribution in [0.2, 0.25) is 0 Å². The Morgan fingerprint density at radius 3 is 3.15 bits per heavy atom. The maximum Gasteiger partial charge on any atom is 0.261 e. The maximum absolute atomic E-state index is 12.1. The Bertz CT molecular complexity index is 522. The van der Waals surface area contributed by atoms with Gasteiger partial charge in [0, 0.05) is 18.2 Å². The molecule has 0 aromatic carbocycles. The molecule has 1 aliphatic heterocycles. The predicted octanol–water partition coefficient (Wildman–Crippen LogP) is 2.42. The van der Waals surface area contributed by atoms with Crippen LogP contribution in [0.15, 0.2) is 6.07 Å². The molecule has 0 bridgehead atoms. The van der Waals surface area contributed by atoms with Gasteiger partial charge in [-0.2, -0.15) is 11.8 Å². The van der Waals surface area contributed by atoms with E-state index in [4.69, 9.17) is 5.11 Å². The van der Waals surface area contributed by atoms with Gasteiger partial charge < -0.3 is 10.4 Å². The Hall–Kier alpha value is -0.960. The quantitative estimate of drug-likeness (QED) is 0.840. The van der Waals surface area contributed by atoms with Crippen LogP contribution in [-0.4, -0.2) is 35.2 Å². The molecular formula is C15H19NO2S2. The highest BCUT2D eigenvalue weighted by Crippen LogP contribution is 2.26. The molecule has 108 valence electrons. The Morgan fingerprint density at radius 1 is 1.60 bits per heavy atom. The first-order valence-corrected chi connectivity index (χ1v) is 8.67. The summed E-state index contributed by atoms with van der Waals surface area (Å²) >= 11 is 3.37. The van der Waals surface area contributed by atoms with E-state index in [9.17, 15) is 4.79 Å². The van der Waals surface area contributed by atoms with Gasteiger partial charge in [0.1, 0.15) is 0 Å². The zero-order valence-electron chi connectivity index (χ0n) is 11.6. The number of aryl methyl sites for hydroxylation is 1. The van der Waals surface area contributed by atoms with Crippen LogP contribution in [0.1, 0.15) is 39.4 Å². The molecule has 2 N–H and O–H groups in total. The van der Waals surface area contributed by atoms with E-state index in [2.05, 4.69) is 17.2 Å². The highest BCUT2D eigenvalue weighted by molar-refractivity contribution is 8.00. The zero-order chi connectivity index (χ0) is 14.4. The summed E-state index contributed by atoms with van der Waals surface area (Å²) in [7, 11) is 0. The van der Waals surface area contributed by atoms with Crippen LogP contribution >= 0.6 is 23.1 Å². The van der Waals surface area contributed by atoms with Crippen LogP contribution in [-0.2, 0) is 0 Å². The van der Waals surface area contributed by atoms with Crippen LogP contribution in [0, 0.1) is 18.8 Å². The van der Waals surface area contributed by atoms with E-state index in [1.807, 2.05) is 24.8 Å². The molecule has 1 amide bonds. The minimum absolute atomic E-state index is 0.000748. The minimum Gasteiger partial charge on any atom is -0.395 e. The van der Waals surface area contributed by atoms with E-state index >= 15 is 0 Å². The van der Waals surface area contributed by atoms with E-state index in [0.717, 1.165) is 21.9 Å². The zero-order valence-corrected chi connectivity index (χ0v) is 13.2. The van der Waals surface area contributed by atoms with Crippen molar-refractivity contribution in [2.24, 2.45) is 0 Å². The molecule has 2 heterocycles. The lowest BCUT2D eigenvalue weighted by Crippen LogP contribution is -2.29. The van der Waals surface area contributed by atoms with Crippen molar-refractivity contribution in [2.45, 2.75) is 31.4 Å². The lowest BCUT2D eigenvalue weighted by molar-refractivity contribution is 0.0957. The summed E-state index contributed by atoms with van der Waals surface area (Å²) in [6.45, 7) is 2.79. The summed E-state index contributed by atoms with van der Waals surface area (Å²) in [5.74, 6) is 7.12. The van der Waals surface area contributed by atoms with Gasteiger partial charge in [0.2, 0.25) is 0 Å². The third-order valence-electron chi connectivity index (χ3n) is 3.09. The van der Waals surface area contributed by atoms with E-state index in [-0.39, 0.29) is 12.5 Å². The molecule has 1 aliphatic rings. The highest BCUT2D eigenvalue weighted by atomic mass is 32.2. The first-order chi connectivity index (χ1) is 9.70. The SMILES string of the molecule is Cc1cc(C(=O)NCC2CCCS2)sc1C#CCCO. The summed E-state index contributed by atoms with van der Waals surface area (Å²) in [6.07, 6.45) is 2.93. The Balaban J connectivity index is 1.93. The number of thioether (sulfide) groups is 1. The monoisotopic (exact) mass is 309 g/mol. The second-order valence-corrected chi connectivity index (χ2v) is 7.20. The summed E-state index contributed by atoms with van der Waals surface area (Å²) in [6, 6.07) is 1.89. The van der Waals surface area contributed by atoms with Crippen molar-refractivity contribution in [3.8, 4) is 11.8 Å². The molecule has 2 rings (SSSR count). The fourth-order valence-corrected chi connectivity index (χ4v) is 4.18. The molecule has 5 heteroatoms. The van der Waals surface area contributed by atoms with Gasteiger partial charge in [0.15, 0.2) is 0 Å². The fraction of sp³-hybridized carbons (Fsp3) is 0.533. The van der Waals surface area contributed by atoms with Gasteiger partial charge in [-0.1, -0.05) is 11.8 Å². The molecule has 0 aliphatic carbocycles. The molecule has 1 unspecified atom stereocenters. The standard InChI is InChI=1S/C15H19NO2S2/c1-11-9-14(20-13(11)6-2-3-7-17)15(18)16-10-12-5-4-8-19-12/h9,12,17H,3-5,7-8,10H2,1H3,(H,16,18). The summed E-state index contributed by atoms with van der Waals surface area (Å²) in [4.78, 5) is 13.7. The Morgan fingerprint density at radius 2 is 2.45 bits per heavy atom. The van der Waals surface area contributed by atoms with Crippen LogP contribution in [0.25, 0.3) is 0 Å². The van der Waals surface area contributed by atoms with Crippen molar-refractivity contribution in [1.82, 2.24) is 5.32 Å². The van der Waals surface area contributed by atoms with Crippen LogP contribution in [0.4, 0.5) is 0 Å². The van der Waals surface area contributed by atoms with Gasteiger partial charge in [-0.3, -0.25) is 4.79 Å². The average molecular weight is 309 g/mol. The summed E-state index contributed by atoms with van der Waals surface area (Å²) < 4.78 is 0. The minimum atomic E-state index is 0.000748. The van der Waals surface area contributed by atoms with Crippen LogP contribution in [0.5, 0.6) is 0 Å². The predicted molar refractivity (Wildman–Crippen MR) is 85.5 cm³/mol. The van der Waals surface area contributed by atoms with Gasteiger partial charge in [0.05, 0.1) is 16.4 Å². The van der Waals surface area contributed by atoms with Crippen molar-refractivity contribution < 1.29 is 9.90 Å².